The molecular formula is C29H29ClN2O5. The van der Waals surface area contributed by atoms with Gasteiger partial charge in [-0.15, -0.1) is 0 Å². The molecule has 1 heterocycles. The molecule has 0 aliphatic carbocycles. The fraction of sp³-hybridized carbons (Fsp3) is 0.172. The van der Waals surface area contributed by atoms with Gasteiger partial charge in [-0.3, -0.25) is 4.90 Å². The second-order valence-corrected chi connectivity index (χ2v) is 9.63. The first-order chi connectivity index (χ1) is 17.8. The standard InChI is InChI=1S/C29H28N2O.ClHO4/c32-25(22-31-28-17-9-7-15-26(28)27-16-8-10-18-29(27)31)21-30(19-23-11-3-1-4-12-23)20-24-13-5-2-6-14-24;2-1(3,4)5/h1-18,25,32H,19-22H2;(H,2,3,4,5). The maximum atomic E-state index is 11.2. The van der Waals surface area contributed by atoms with Crippen molar-refractivity contribution in [2.24, 2.45) is 0 Å². The third-order valence-corrected chi connectivity index (χ3v) is 6.04. The number of halogens is 1. The summed E-state index contributed by atoms with van der Waals surface area (Å²) in [5.74, 6) is 0. The molecule has 0 amide bonds. The minimum absolute atomic E-state index is 0.485. The largest absolute Gasteiger partial charge is 0.390 e. The second kappa shape index (κ2) is 12.3. The van der Waals surface area contributed by atoms with Gasteiger partial charge in [0.05, 0.1) is 27.6 Å². The molecule has 2 N–H and O–H groups in total. The normalized spacial score (nSPS) is 12.5. The highest BCUT2D eigenvalue weighted by Gasteiger charge is 2.17. The lowest BCUT2D eigenvalue weighted by atomic mass is 10.1. The van der Waals surface area contributed by atoms with Crippen molar-refractivity contribution in [1.82, 2.24) is 9.47 Å². The Bertz CT molecular complexity index is 1300. The van der Waals surface area contributed by atoms with Crippen LogP contribution in [0.25, 0.3) is 21.8 Å². The number of para-hydroxylation sites is 2. The minimum Gasteiger partial charge on any atom is -0.390 e. The molecule has 8 heteroatoms. The van der Waals surface area contributed by atoms with Crippen LogP contribution in [0, 0.1) is 10.2 Å². The molecule has 1 atom stereocenters. The van der Waals surface area contributed by atoms with Gasteiger partial charge in [0.25, 0.3) is 0 Å². The van der Waals surface area contributed by atoms with E-state index in [1.165, 1.54) is 32.9 Å². The average molecular weight is 521 g/mol. The molecule has 0 radical (unpaired) electrons. The Morgan fingerprint density at radius 1 is 0.649 bits per heavy atom. The van der Waals surface area contributed by atoms with Crippen LogP contribution in [-0.4, -0.2) is 31.9 Å². The third-order valence-electron chi connectivity index (χ3n) is 6.04. The zero-order valence-electron chi connectivity index (χ0n) is 20.2. The van der Waals surface area contributed by atoms with E-state index in [1.807, 2.05) is 12.1 Å². The van der Waals surface area contributed by atoms with Gasteiger partial charge >= 0.3 is 0 Å². The maximum Gasteiger partial charge on any atom is 0.0846 e. The van der Waals surface area contributed by atoms with Crippen LogP contribution in [0.15, 0.2) is 109 Å². The molecule has 192 valence electrons. The van der Waals surface area contributed by atoms with Gasteiger partial charge in [-0.25, -0.2) is 0 Å². The molecule has 5 rings (SSSR count). The minimum atomic E-state index is -4.69. The van der Waals surface area contributed by atoms with Crippen molar-refractivity contribution >= 4 is 21.8 Å². The van der Waals surface area contributed by atoms with E-state index in [0.29, 0.717) is 13.1 Å². The monoisotopic (exact) mass is 520 g/mol. The van der Waals surface area contributed by atoms with Crippen molar-refractivity contribution in [2.75, 3.05) is 6.54 Å². The third kappa shape index (κ3) is 7.85. The highest BCUT2D eigenvalue weighted by Crippen LogP contribution is 2.29. The first kappa shape index (κ1) is 26.8. The summed E-state index contributed by atoms with van der Waals surface area (Å²) in [5, 5.41) is 13.7. The summed E-state index contributed by atoms with van der Waals surface area (Å²) in [6, 6.07) is 37.9. The SMILES string of the molecule is OC(CN(Cc1ccccc1)Cc1ccccc1)Cn1c2ccccc2c2ccccc21.[O-][Cl+3]([O-])([O-])O. The lowest BCUT2D eigenvalue weighted by molar-refractivity contribution is -1.92. The van der Waals surface area contributed by atoms with Crippen molar-refractivity contribution in [1.29, 1.82) is 0 Å². The topological polar surface area (TPSA) is 118 Å². The molecule has 0 saturated heterocycles. The zero-order chi connectivity index (χ0) is 26.3. The van der Waals surface area contributed by atoms with Crippen molar-refractivity contribution in [3.8, 4) is 0 Å². The predicted octanol–water partition coefficient (Wildman–Crippen LogP) is 1.73. The van der Waals surface area contributed by atoms with Crippen LogP contribution in [0.2, 0.25) is 0 Å². The Hall–Kier alpha value is -3.27. The van der Waals surface area contributed by atoms with Gasteiger partial charge < -0.3 is 9.67 Å². The smallest absolute Gasteiger partial charge is 0.0846 e. The highest BCUT2D eigenvalue weighted by molar-refractivity contribution is 6.07. The molecule has 0 saturated carbocycles. The molecule has 37 heavy (non-hydrogen) atoms. The molecule has 1 unspecified atom stereocenters. The zero-order valence-corrected chi connectivity index (χ0v) is 20.9. The van der Waals surface area contributed by atoms with Gasteiger partial charge in [0, 0.05) is 41.4 Å². The molecule has 5 aromatic rings. The Balaban J connectivity index is 0.000000586. The van der Waals surface area contributed by atoms with E-state index in [9.17, 15) is 5.11 Å². The quantitative estimate of drug-likeness (QED) is 0.322. The van der Waals surface area contributed by atoms with Crippen molar-refractivity contribution < 1.29 is 34.0 Å². The maximum absolute atomic E-state index is 11.2. The summed E-state index contributed by atoms with van der Waals surface area (Å²) >= 11 is 0. The number of aliphatic hydroxyl groups is 1. The van der Waals surface area contributed by atoms with Crippen molar-refractivity contribution in [2.45, 2.75) is 25.7 Å². The van der Waals surface area contributed by atoms with Crippen LogP contribution in [0.3, 0.4) is 0 Å². The number of nitrogens with zero attached hydrogens (tertiary/aromatic N) is 2. The van der Waals surface area contributed by atoms with Crippen LogP contribution >= 0.6 is 0 Å². The number of hydrogen-bond acceptors (Lipinski definition) is 6. The fourth-order valence-corrected chi connectivity index (χ4v) is 4.63. The highest BCUT2D eigenvalue weighted by atomic mass is 35.7. The molecule has 7 nitrogen and oxygen atoms in total. The lowest BCUT2D eigenvalue weighted by Crippen LogP contribution is -2.58. The van der Waals surface area contributed by atoms with Crippen LogP contribution in [0.1, 0.15) is 11.1 Å². The number of aromatic nitrogens is 1. The van der Waals surface area contributed by atoms with E-state index in [2.05, 4.69) is 107 Å². The number of fused-ring (bicyclic) bond motifs is 3. The van der Waals surface area contributed by atoms with Gasteiger partial charge in [0.1, 0.15) is 0 Å². The van der Waals surface area contributed by atoms with E-state index in [-0.39, 0.29) is 0 Å². The molecule has 0 spiro atoms. The summed E-state index contributed by atoms with van der Waals surface area (Å²) in [6.45, 7) is 2.78. The Morgan fingerprint density at radius 3 is 1.46 bits per heavy atom. The lowest BCUT2D eigenvalue weighted by Gasteiger charge is -2.26. The summed E-state index contributed by atoms with van der Waals surface area (Å²) in [5.41, 5.74) is 4.86. The molecule has 1 aromatic heterocycles. The van der Waals surface area contributed by atoms with Crippen LogP contribution < -0.4 is 14.0 Å². The molecule has 0 aliphatic heterocycles. The predicted molar refractivity (Wildman–Crippen MR) is 135 cm³/mol. The number of aliphatic hydroxyl groups excluding tert-OH is 1. The summed E-state index contributed by atoms with van der Waals surface area (Å²) in [6.07, 6.45) is -0.485. The first-order valence-electron chi connectivity index (χ1n) is 11.9. The van der Waals surface area contributed by atoms with Crippen LogP contribution in [-0.2, 0) is 19.6 Å². The molecule has 0 aliphatic rings. The van der Waals surface area contributed by atoms with Crippen LogP contribution in [0.4, 0.5) is 0 Å². The van der Waals surface area contributed by atoms with Gasteiger partial charge in [0.2, 0.25) is 0 Å². The van der Waals surface area contributed by atoms with E-state index in [1.54, 1.807) is 0 Å². The van der Waals surface area contributed by atoms with Gasteiger partial charge in [-0.1, -0.05) is 97.1 Å². The van der Waals surface area contributed by atoms with Gasteiger partial charge in [-0.05, 0) is 23.3 Å². The van der Waals surface area contributed by atoms with E-state index >= 15 is 0 Å². The van der Waals surface area contributed by atoms with Crippen molar-refractivity contribution in [3.05, 3.63) is 120 Å². The van der Waals surface area contributed by atoms with Crippen molar-refractivity contribution in [3.63, 3.8) is 0 Å². The van der Waals surface area contributed by atoms with E-state index in [4.69, 9.17) is 18.6 Å². The van der Waals surface area contributed by atoms with Gasteiger partial charge in [0.15, 0.2) is 0 Å². The molecule has 4 aromatic carbocycles. The molecular weight excluding hydrogens is 492 g/mol. The Morgan fingerprint density at radius 2 is 1.03 bits per heavy atom. The fourth-order valence-electron chi connectivity index (χ4n) is 4.63. The molecule has 0 fully saturated rings. The van der Waals surface area contributed by atoms with E-state index < -0.39 is 16.3 Å². The summed E-state index contributed by atoms with van der Waals surface area (Å²) in [7, 11) is -4.69. The Kier molecular flexibility index (Phi) is 8.91. The number of hydrogen-bond donors (Lipinski definition) is 2. The van der Waals surface area contributed by atoms with Gasteiger partial charge in [-0.2, -0.15) is 14.0 Å². The Labute approximate surface area is 217 Å². The second-order valence-electron chi connectivity index (χ2n) is 8.84. The summed E-state index contributed by atoms with van der Waals surface area (Å²) < 4.78 is 35.0. The summed E-state index contributed by atoms with van der Waals surface area (Å²) in [4.78, 5) is 2.34. The molecule has 0 bridgehead atoms. The number of rotatable bonds is 8. The first-order valence-corrected chi connectivity index (χ1v) is 13.1. The average Bonchev–Trinajstić information content (AvgIpc) is 3.18. The van der Waals surface area contributed by atoms with Crippen LogP contribution in [0.5, 0.6) is 0 Å². The number of benzene rings is 4. The van der Waals surface area contributed by atoms with E-state index in [0.717, 1.165) is 13.1 Å².